The summed E-state index contributed by atoms with van der Waals surface area (Å²) < 4.78 is 2.04. The van der Waals surface area contributed by atoms with Gasteiger partial charge in [0.05, 0.1) is 5.69 Å². The lowest BCUT2D eigenvalue weighted by molar-refractivity contribution is 0.222. The molecule has 1 aromatic heterocycles. The average molecular weight is 278 g/mol. The normalized spacial score (nSPS) is 19.3. The Morgan fingerprint density at radius 1 is 1.35 bits per heavy atom. The number of nitrogens with one attached hydrogen (secondary N) is 1. The maximum absolute atomic E-state index is 4.61. The Morgan fingerprint density at radius 2 is 1.95 bits per heavy atom. The van der Waals surface area contributed by atoms with E-state index in [4.69, 9.17) is 0 Å². The molecule has 1 aliphatic rings. The zero-order chi connectivity index (χ0) is 14.9. The third kappa shape index (κ3) is 3.00. The molecule has 1 saturated carbocycles. The van der Waals surface area contributed by atoms with Gasteiger partial charge in [-0.1, -0.05) is 13.8 Å². The van der Waals surface area contributed by atoms with Crippen molar-refractivity contribution in [2.45, 2.75) is 59.0 Å². The molecule has 0 saturated heterocycles. The van der Waals surface area contributed by atoms with Crippen LogP contribution < -0.4 is 10.2 Å². The van der Waals surface area contributed by atoms with Gasteiger partial charge in [-0.05, 0) is 45.1 Å². The minimum atomic E-state index is 0.521. The van der Waals surface area contributed by atoms with E-state index in [1.165, 1.54) is 37.1 Å². The largest absolute Gasteiger partial charge is 0.357 e. The molecule has 0 amide bonds. The fourth-order valence-corrected chi connectivity index (χ4v) is 3.46. The molecule has 1 N–H and O–H groups in total. The molecular weight excluding hydrogens is 248 g/mol. The van der Waals surface area contributed by atoms with Crippen LogP contribution in [0.5, 0.6) is 0 Å². The summed E-state index contributed by atoms with van der Waals surface area (Å²) in [5.41, 5.74) is 3.00. The molecule has 0 radical (unpaired) electrons. The molecule has 4 heteroatoms. The minimum absolute atomic E-state index is 0.521. The van der Waals surface area contributed by atoms with Crippen LogP contribution in [0.2, 0.25) is 0 Å². The molecule has 2 rings (SSSR count). The summed E-state index contributed by atoms with van der Waals surface area (Å²) in [6, 6.07) is 0.647. The molecule has 1 aromatic rings. The van der Waals surface area contributed by atoms with Gasteiger partial charge >= 0.3 is 0 Å². The van der Waals surface area contributed by atoms with Crippen LogP contribution in [0.3, 0.4) is 0 Å². The van der Waals surface area contributed by atoms with E-state index in [-0.39, 0.29) is 0 Å². The molecule has 0 spiro atoms. The summed E-state index contributed by atoms with van der Waals surface area (Å²) in [6.45, 7) is 7.78. The zero-order valence-corrected chi connectivity index (χ0v) is 14.0. The molecule has 0 atom stereocenters. The van der Waals surface area contributed by atoms with E-state index in [0.717, 1.165) is 12.2 Å². The highest BCUT2D eigenvalue weighted by atomic mass is 15.4. The second kappa shape index (κ2) is 5.76. The van der Waals surface area contributed by atoms with E-state index in [1.807, 2.05) is 11.7 Å². The summed E-state index contributed by atoms with van der Waals surface area (Å²) in [5.74, 6) is 1.28. The Labute approximate surface area is 123 Å². The van der Waals surface area contributed by atoms with Crippen LogP contribution in [0.25, 0.3) is 0 Å². The summed E-state index contributed by atoms with van der Waals surface area (Å²) in [7, 11) is 6.29. The van der Waals surface area contributed by atoms with Crippen molar-refractivity contribution in [3.05, 3.63) is 11.3 Å². The van der Waals surface area contributed by atoms with Crippen LogP contribution in [0.15, 0.2) is 0 Å². The quantitative estimate of drug-likeness (QED) is 0.919. The fraction of sp³-hybridized carbons (Fsp3) is 0.812. The van der Waals surface area contributed by atoms with Gasteiger partial charge in [0.1, 0.15) is 5.82 Å². The van der Waals surface area contributed by atoms with Crippen molar-refractivity contribution in [3.63, 3.8) is 0 Å². The lowest BCUT2D eigenvalue weighted by Gasteiger charge is -2.39. The van der Waals surface area contributed by atoms with Gasteiger partial charge in [0, 0.05) is 32.2 Å². The van der Waals surface area contributed by atoms with Crippen LogP contribution in [-0.4, -0.2) is 29.9 Å². The highest BCUT2D eigenvalue weighted by Crippen LogP contribution is 2.38. The Balaban J connectivity index is 2.19. The van der Waals surface area contributed by atoms with Gasteiger partial charge in [-0.25, -0.2) is 0 Å². The monoisotopic (exact) mass is 278 g/mol. The second-order valence-corrected chi connectivity index (χ2v) is 7.05. The molecule has 0 aliphatic heterocycles. The first kappa shape index (κ1) is 15.4. The number of aromatic nitrogens is 2. The van der Waals surface area contributed by atoms with E-state index < -0.39 is 0 Å². The van der Waals surface area contributed by atoms with Gasteiger partial charge in [0.2, 0.25) is 0 Å². The van der Waals surface area contributed by atoms with Crippen LogP contribution in [0, 0.1) is 12.3 Å². The van der Waals surface area contributed by atoms with E-state index in [0.29, 0.717) is 11.5 Å². The van der Waals surface area contributed by atoms with Crippen molar-refractivity contribution < 1.29 is 0 Å². The topological polar surface area (TPSA) is 33.1 Å². The van der Waals surface area contributed by atoms with Crippen LogP contribution >= 0.6 is 0 Å². The molecule has 0 bridgehead atoms. The first-order valence-corrected chi connectivity index (χ1v) is 7.75. The molecular formula is C16H30N4. The van der Waals surface area contributed by atoms with Crippen molar-refractivity contribution in [1.29, 1.82) is 0 Å². The van der Waals surface area contributed by atoms with Gasteiger partial charge in [0.25, 0.3) is 0 Å². The third-order valence-corrected chi connectivity index (χ3v) is 4.86. The predicted octanol–water partition coefficient (Wildman–Crippen LogP) is 2.85. The van der Waals surface area contributed by atoms with Crippen molar-refractivity contribution >= 4 is 5.82 Å². The third-order valence-electron chi connectivity index (χ3n) is 4.86. The molecule has 0 aromatic carbocycles. The lowest BCUT2D eigenvalue weighted by Crippen LogP contribution is -2.38. The van der Waals surface area contributed by atoms with Crippen molar-refractivity contribution in [3.8, 4) is 0 Å². The van der Waals surface area contributed by atoms with Crippen molar-refractivity contribution in [2.24, 2.45) is 12.5 Å². The fourth-order valence-electron chi connectivity index (χ4n) is 3.46. The zero-order valence-electron chi connectivity index (χ0n) is 14.0. The van der Waals surface area contributed by atoms with E-state index in [2.05, 4.69) is 50.2 Å². The molecule has 4 nitrogen and oxygen atoms in total. The summed E-state index contributed by atoms with van der Waals surface area (Å²) in [4.78, 5) is 2.46. The number of anilines is 1. The van der Waals surface area contributed by atoms with Gasteiger partial charge in [-0.3, -0.25) is 4.68 Å². The molecule has 114 valence electrons. The van der Waals surface area contributed by atoms with E-state index in [1.54, 1.807) is 0 Å². The number of hydrogen-bond acceptors (Lipinski definition) is 3. The lowest BCUT2D eigenvalue weighted by atomic mass is 9.75. The highest BCUT2D eigenvalue weighted by Gasteiger charge is 2.30. The first-order valence-electron chi connectivity index (χ1n) is 7.75. The number of nitrogens with zero attached hydrogens (tertiary/aromatic N) is 3. The van der Waals surface area contributed by atoms with Gasteiger partial charge < -0.3 is 10.2 Å². The predicted molar refractivity (Wildman–Crippen MR) is 85.1 cm³/mol. The molecule has 20 heavy (non-hydrogen) atoms. The average Bonchev–Trinajstić information content (AvgIpc) is 2.64. The molecule has 0 unspecified atom stereocenters. The number of rotatable bonds is 4. The van der Waals surface area contributed by atoms with Crippen molar-refractivity contribution in [1.82, 2.24) is 15.1 Å². The Kier molecular flexibility index (Phi) is 4.43. The first-order chi connectivity index (χ1) is 9.35. The van der Waals surface area contributed by atoms with Crippen LogP contribution in [0.4, 0.5) is 5.82 Å². The van der Waals surface area contributed by atoms with Crippen LogP contribution in [-0.2, 0) is 13.6 Å². The number of hydrogen-bond donors (Lipinski definition) is 1. The van der Waals surface area contributed by atoms with Crippen molar-refractivity contribution in [2.75, 3.05) is 19.0 Å². The minimum Gasteiger partial charge on any atom is -0.357 e. The Hall–Kier alpha value is -1.03. The second-order valence-electron chi connectivity index (χ2n) is 7.05. The van der Waals surface area contributed by atoms with Crippen LogP contribution in [0.1, 0.15) is 50.8 Å². The summed E-state index contributed by atoms with van der Waals surface area (Å²) in [6.07, 6.45) is 5.21. The molecule has 1 heterocycles. The highest BCUT2D eigenvalue weighted by molar-refractivity contribution is 5.50. The SMILES string of the molecule is CNCc1c(C)nn(C)c1N(C)C1CCC(C)(C)CC1. The van der Waals surface area contributed by atoms with E-state index >= 15 is 0 Å². The maximum Gasteiger partial charge on any atom is 0.131 e. The Bertz CT molecular complexity index is 451. The van der Waals surface area contributed by atoms with Gasteiger partial charge in [0.15, 0.2) is 0 Å². The molecule has 1 aliphatic carbocycles. The standard InChI is InChI=1S/C16H30N4/c1-12-14(11-17-4)15(20(6)18-12)19(5)13-7-9-16(2,3)10-8-13/h13,17H,7-11H2,1-6H3. The molecule has 1 fully saturated rings. The number of aryl methyl sites for hydroxylation is 2. The summed E-state index contributed by atoms with van der Waals surface area (Å²) >= 11 is 0. The van der Waals surface area contributed by atoms with Gasteiger partial charge in [-0.15, -0.1) is 0 Å². The smallest absolute Gasteiger partial charge is 0.131 e. The Morgan fingerprint density at radius 3 is 2.50 bits per heavy atom. The summed E-state index contributed by atoms with van der Waals surface area (Å²) in [5, 5.41) is 7.88. The maximum atomic E-state index is 4.61. The van der Waals surface area contributed by atoms with Gasteiger partial charge in [-0.2, -0.15) is 5.10 Å². The van der Waals surface area contributed by atoms with E-state index in [9.17, 15) is 0 Å².